The van der Waals surface area contributed by atoms with Gasteiger partial charge < -0.3 is 4.74 Å². The van der Waals surface area contributed by atoms with Gasteiger partial charge in [-0.2, -0.15) is 44.5 Å². The van der Waals surface area contributed by atoms with Gasteiger partial charge in [-0.1, -0.05) is 19.1 Å². The standard InChI is InChI=1S/C31H32F5NO5S2.2H2S/c1-3-25-16-21-18-30(27-17-23(32)8-13-28(27)33,43(38,39)26-11-6-22(7-12-26)31(34,35)36)15-14-29(21)37(44(25,40)41)19-20-4-9-24(42-2)10-5-20;;/h4-13,17,21,25,29H,3,14-16,18-19H2,1-2H3;2*1H2/t21-,25+,29+,30-;;/m1../s1. The molecule has 1 heterocycles. The van der Waals surface area contributed by atoms with E-state index in [1.54, 1.807) is 31.2 Å². The third kappa shape index (κ3) is 6.80. The van der Waals surface area contributed by atoms with Crippen LogP contribution in [0.1, 0.15) is 55.7 Å². The van der Waals surface area contributed by atoms with Gasteiger partial charge in [0.15, 0.2) is 9.84 Å². The summed E-state index contributed by atoms with van der Waals surface area (Å²) in [6.07, 6.45) is -4.87. The Balaban J connectivity index is 0.00000288. The second-order valence-electron chi connectivity index (χ2n) is 11.4. The average Bonchev–Trinajstić information content (AvgIpc) is 2.99. The molecule has 0 radical (unpaired) electrons. The van der Waals surface area contributed by atoms with E-state index < -0.39 is 75.7 Å². The van der Waals surface area contributed by atoms with Crippen molar-refractivity contribution in [2.24, 2.45) is 5.92 Å². The van der Waals surface area contributed by atoms with Crippen molar-refractivity contribution < 1.29 is 43.5 Å². The van der Waals surface area contributed by atoms with Gasteiger partial charge in [0.25, 0.3) is 0 Å². The zero-order valence-electron chi connectivity index (χ0n) is 25.0. The lowest BCUT2D eigenvalue weighted by Gasteiger charge is -2.51. The van der Waals surface area contributed by atoms with Crippen molar-refractivity contribution in [2.45, 2.75) is 72.7 Å². The minimum absolute atomic E-state index is 0. The molecule has 2 aliphatic rings. The lowest BCUT2D eigenvalue weighted by Crippen LogP contribution is -2.58. The van der Waals surface area contributed by atoms with Crippen LogP contribution in [0.15, 0.2) is 71.6 Å². The second kappa shape index (κ2) is 14.0. The Morgan fingerprint density at radius 3 is 2.17 bits per heavy atom. The minimum atomic E-state index is -4.71. The van der Waals surface area contributed by atoms with Crippen molar-refractivity contribution >= 4 is 46.9 Å². The van der Waals surface area contributed by atoms with Gasteiger partial charge in [-0.3, -0.25) is 0 Å². The van der Waals surface area contributed by atoms with E-state index >= 15 is 4.39 Å². The molecule has 3 aromatic carbocycles. The van der Waals surface area contributed by atoms with E-state index in [1.807, 2.05) is 0 Å². The Labute approximate surface area is 280 Å². The fourth-order valence-electron chi connectivity index (χ4n) is 6.76. The van der Waals surface area contributed by atoms with E-state index in [2.05, 4.69) is 0 Å². The highest BCUT2D eigenvalue weighted by atomic mass is 32.2. The molecular formula is C31H36F5NO5S4. The average molecular weight is 726 g/mol. The normalized spacial score (nSPS) is 24.6. The second-order valence-corrected chi connectivity index (χ2v) is 15.8. The molecular weight excluding hydrogens is 690 g/mol. The van der Waals surface area contributed by atoms with Crippen LogP contribution in [-0.4, -0.2) is 39.5 Å². The van der Waals surface area contributed by atoms with Crippen molar-refractivity contribution in [1.82, 2.24) is 4.31 Å². The molecule has 0 aromatic heterocycles. The molecule has 0 amide bonds. The summed E-state index contributed by atoms with van der Waals surface area (Å²) < 4.78 is 131. The molecule has 0 unspecified atom stereocenters. The van der Waals surface area contributed by atoms with Crippen LogP contribution in [0.2, 0.25) is 0 Å². The molecule has 1 aliphatic carbocycles. The molecule has 1 saturated carbocycles. The predicted molar refractivity (Wildman–Crippen MR) is 175 cm³/mol. The number of sulfone groups is 1. The molecule has 1 aliphatic heterocycles. The first-order valence-corrected chi connectivity index (χ1v) is 17.1. The molecule has 6 nitrogen and oxygen atoms in total. The van der Waals surface area contributed by atoms with Crippen LogP contribution >= 0.6 is 27.0 Å². The summed E-state index contributed by atoms with van der Waals surface area (Å²) in [6.45, 7) is 1.74. The Morgan fingerprint density at radius 2 is 1.61 bits per heavy atom. The maximum absolute atomic E-state index is 15.5. The van der Waals surface area contributed by atoms with Gasteiger partial charge >= 0.3 is 6.18 Å². The summed E-state index contributed by atoms with van der Waals surface area (Å²) in [5.74, 6) is -1.81. The first kappa shape index (κ1) is 38.1. The summed E-state index contributed by atoms with van der Waals surface area (Å²) in [5.41, 5.74) is -0.780. The molecule has 5 rings (SSSR count). The van der Waals surface area contributed by atoms with Crippen LogP contribution in [-0.2, 0) is 37.3 Å². The van der Waals surface area contributed by atoms with E-state index in [1.165, 1.54) is 11.4 Å². The Bertz CT molecular complexity index is 1740. The summed E-state index contributed by atoms with van der Waals surface area (Å²) in [5, 5.41) is -0.844. The Kier molecular flexibility index (Phi) is 11.6. The Morgan fingerprint density at radius 1 is 0.978 bits per heavy atom. The summed E-state index contributed by atoms with van der Waals surface area (Å²) >= 11 is 0. The number of sulfonamides is 1. The van der Waals surface area contributed by atoms with Gasteiger partial charge in [0, 0.05) is 18.2 Å². The first-order chi connectivity index (χ1) is 20.6. The number of hydrogen-bond acceptors (Lipinski definition) is 5. The molecule has 2 fully saturated rings. The van der Waals surface area contributed by atoms with Crippen molar-refractivity contribution in [1.29, 1.82) is 0 Å². The number of alkyl halides is 3. The maximum Gasteiger partial charge on any atom is 0.416 e. The Hall–Kier alpha value is -2.33. The number of methoxy groups -OCH3 is 1. The number of nitrogens with zero attached hydrogens (tertiary/aromatic N) is 1. The third-order valence-corrected chi connectivity index (χ3v) is 14.0. The largest absolute Gasteiger partial charge is 0.497 e. The predicted octanol–water partition coefficient (Wildman–Crippen LogP) is 7.07. The van der Waals surface area contributed by atoms with Gasteiger partial charge in [-0.05, 0) is 98.2 Å². The first-order valence-electron chi connectivity index (χ1n) is 14.1. The topological polar surface area (TPSA) is 80.8 Å². The molecule has 254 valence electrons. The van der Waals surface area contributed by atoms with E-state index in [4.69, 9.17) is 4.74 Å². The maximum atomic E-state index is 15.5. The number of hydrogen-bond donors (Lipinski definition) is 0. The van der Waals surface area contributed by atoms with Crippen molar-refractivity contribution in [3.05, 3.63) is 95.1 Å². The summed E-state index contributed by atoms with van der Waals surface area (Å²) in [7, 11) is -6.92. The fraction of sp³-hybridized carbons (Fsp3) is 0.419. The molecule has 15 heteroatoms. The number of fused-ring (bicyclic) bond motifs is 1. The third-order valence-electron chi connectivity index (χ3n) is 9.04. The van der Waals surface area contributed by atoms with E-state index in [9.17, 15) is 34.4 Å². The van der Waals surface area contributed by atoms with Gasteiger partial charge in [-0.15, -0.1) is 0 Å². The van der Waals surface area contributed by atoms with Gasteiger partial charge in [0.1, 0.15) is 22.1 Å². The lowest BCUT2D eigenvalue weighted by atomic mass is 9.72. The monoisotopic (exact) mass is 725 g/mol. The number of halogens is 5. The lowest BCUT2D eigenvalue weighted by molar-refractivity contribution is -0.137. The molecule has 0 N–H and O–H groups in total. The summed E-state index contributed by atoms with van der Waals surface area (Å²) in [6, 6.07) is 11.7. The number of benzene rings is 3. The van der Waals surface area contributed by atoms with Crippen LogP contribution in [0.25, 0.3) is 0 Å². The minimum Gasteiger partial charge on any atom is -0.497 e. The van der Waals surface area contributed by atoms with E-state index in [-0.39, 0.29) is 65.6 Å². The fourth-order valence-corrected chi connectivity index (χ4v) is 11.3. The molecule has 0 bridgehead atoms. The molecule has 3 aromatic rings. The zero-order chi connectivity index (χ0) is 32.1. The molecule has 0 spiro atoms. The molecule has 1 saturated heterocycles. The molecule has 46 heavy (non-hydrogen) atoms. The highest BCUT2D eigenvalue weighted by molar-refractivity contribution is 7.92. The summed E-state index contributed by atoms with van der Waals surface area (Å²) in [4.78, 5) is -0.460. The highest BCUT2D eigenvalue weighted by Gasteiger charge is 2.57. The SMILES string of the molecule is CC[C@H]1C[C@@H]2C[C@](c3cc(F)ccc3F)(S(=O)(=O)c3ccc(C(F)(F)F)cc3)CC[C@@H]2N(Cc2ccc(OC)cc2)S1(=O)=O.S.S. The van der Waals surface area contributed by atoms with Crippen LogP contribution in [0.4, 0.5) is 22.0 Å². The number of rotatable bonds is 7. The smallest absolute Gasteiger partial charge is 0.416 e. The van der Waals surface area contributed by atoms with Crippen LogP contribution in [0.3, 0.4) is 0 Å². The van der Waals surface area contributed by atoms with Crippen molar-refractivity contribution in [3.63, 3.8) is 0 Å². The van der Waals surface area contributed by atoms with Crippen LogP contribution < -0.4 is 4.74 Å². The zero-order valence-corrected chi connectivity index (χ0v) is 28.7. The van der Waals surface area contributed by atoms with Crippen LogP contribution in [0.5, 0.6) is 5.75 Å². The van der Waals surface area contributed by atoms with Gasteiger partial charge in [-0.25, -0.2) is 25.6 Å². The van der Waals surface area contributed by atoms with Crippen LogP contribution in [0, 0.1) is 17.6 Å². The highest BCUT2D eigenvalue weighted by Crippen LogP contribution is 2.54. The van der Waals surface area contributed by atoms with E-state index in [0.717, 1.165) is 30.3 Å². The molecule has 4 atom stereocenters. The quantitative estimate of drug-likeness (QED) is 0.244. The van der Waals surface area contributed by atoms with Crippen molar-refractivity contribution in [2.75, 3.05) is 7.11 Å². The van der Waals surface area contributed by atoms with Crippen molar-refractivity contribution in [3.8, 4) is 5.75 Å². The van der Waals surface area contributed by atoms with E-state index in [0.29, 0.717) is 23.4 Å². The van der Waals surface area contributed by atoms with Gasteiger partial charge in [0.2, 0.25) is 10.0 Å². The van der Waals surface area contributed by atoms with Gasteiger partial charge in [0.05, 0.1) is 22.8 Å². The number of ether oxygens (including phenoxy) is 1.